The molecule has 0 bridgehead atoms. The molecule has 0 aliphatic carbocycles. The van der Waals surface area contributed by atoms with Gasteiger partial charge in [-0.2, -0.15) is 0 Å². The first-order valence-corrected chi connectivity index (χ1v) is 6.76. The van der Waals surface area contributed by atoms with Gasteiger partial charge in [0.05, 0.1) is 0 Å². The fourth-order valence-electron chi connectivity index (χ4n) is 2.23. The fourth-order valence-corrected chi connectivity index (χ4v) is 2.23. The van der Waals surface area contributed by atoms with Gasteiger partial charge in [-0.25, -0.2) is 4.79 Å². The predicted octanol–water partition coefficient (Wildman–Crippen LogP) is 1.39. The van der Waals surface area contributed by atoms with E-state index in [1.54, 1.807) is 0 Å². The summed E-state index contributed by atoms with van der Waals surface area (Å²) < 4.78 is 0. The minimum atomic E-state index is -0.0884. The largest absolute Gasteiger partial charge is 0.335 e. The number of nitrogens with one attached hydrogen (secondary N) is 1. The second-order valence-electron chi connectivity index (χ2n) is 5.13. The van der Waals surface area contributed by atoms with Crippen LogP contribution in [-0.4, -0.2) is 55.1 Å². The van der Waals surface area contributed by atoms with Gasteiger partial charge in [-0.3, -0.25) is 0 Å². The number of likely N-dealkylation sites (N-methyl/N-ethyl adjacent to an activating group) is 1. The van der Waals surface area contributed by atoms with Crippen LogP contribution >= 0.6 is 0 Å². The van der Waals surface area contributed by atoms with Crippen molar-refractivity contribution in [3.63, 3.8) is 0 Å². The van der Waals surface area contributed by atoms with Gasteiger partial charge in [-0.1, -0.05) is 30.3 Å². The van der Waals surface area contributed by atoms with Crippen LogP contribution in [0.4, 0.5) is 4.79 Å². The van der Waals surface area contributed by atoms with Gasteiger partial charge >= 0.3 is 6.03 Å². The molecule has 1 N–H and O–H groups in total. The standard InChI is InChI=1S/C15H22N3O/c1-13(12-14-6-4-3-5-7-14)16-15(19)18-10-8-17(2)9-11-18/h3-7,13H,1,8-12H2,2H3,(H,16,19)/t13-/m0/s1. The first kappa shape index (κ1) is 13.9. The second-order valence-corrected chi connectivity index (χ2v) is 5.13. The van der Waals surface area contributed by atoms with Crippen molar-refractivity contribution in [2.45, 2.75) is 12.5 Å². The lowest BCUT2D eigenvalue weighted by Gasteiger charge is -2.33. The lowest BCUT2D eigenvalue weighted by atomic mass is 10.1. The number of hydrogen-bond acceptors (Lipinski definition) is 2. The molecule has 4 heteroatoms. The Morgan fingerprint density at radius 1 is 1.26 bits per heavy atom. The molecule has 103 valence electrons. The Balaban J connectivity index is 1.78. The van der Waals surface area contributed by atoms with Gasteiger partial charge in [0, 0.05) is 32.2 Å². The minimum Gasteiger partial charge on any atom is -0.335 e. The number of amides is 2. The highest BCUT2D eigenvalue weighted by atomic mass is 16.2. The third-order valence-electron chi connectivity index (χ3n) is 3.44. The maximum atomic E-state index is 12.1. The summed E-state index contributed by atoms with van der Waals surface area (Å²) in [4.78, 5) is 16.2. The maximum Gasteiger partial charge on any atom is 0.317 e. The van der Waals surface area contributed by atoms with E-state index in [-0.39, 0.29) is 12.1 Å². The van der Waals surface area contributed by atoms with Crippen LogP contribution in [0.25, 0.3) is 0 Å². The average Bonchev–Trinajstić information content (AvgIpc) is 2.40. The Morgan fingerprint density at radius 2 is 1.89 bits per heavy atom. The third kappa shape index (κ3) is 4.24. The highest BCUT2D eigenvalue weighted by Gasteiger charge is 2.20. The van der Waals surface area contributed by atoms with E-state index in [1.807, 2.05) is 23.1 Å². The van der Waals surface area contributed by atoms with Crippen LogP contribution in [0.2, 0.25) is 0 Å². The summed E-state index contributed by atoms with van der Waals surface area (Å²) in [6.45, 7) is 7.47. The molecule has 0 saturated carbocycles. The molecule has 1 aliphatic heterocycles. The number of hydrogen-bond donors (Lipinski definition) is 1. The van der Waals surface area contributed by atoms with Crippen molar-refractivity contribution < 1.29 is 4.79 Å². The highest BCUT2D eigenvalue weighted by molar-refractivity contribution is 5.74. The van der Waals surface area contributed by atoms with Gasteiger partial charge in [-0.15, -0.1) is 0 Å². The molecule has 2 rings (SSSR count). The molecule has 1 saturated heterocycles. The fraction of sp³-hybridized carbons (Fsp3) is 0.467. The molecular formula is C15H22N3O. The van der Waals surface area contributed by atoms with Crippen LogP contribution in [0.15, 0.2) is 30.3 Å². The zero-order valence-corrected chi connectivity index (χ0v) is 11.5. The van der Waals surface area contributed by atoms with Gasteiger partial charge < -0.3 is 15.1 Å². The Bertz CT molecular complexity index is 399. The molecule has 0 spiro atoms. The number of nitrogens with zero attached hydrogens (tertiary/aromatic N) is 2. The van der Waals surface area contributed by atoms with Gasteiger partial charge in [0.25, 0.3) is 0 Å². The summed E-state index contributed by atoms with van der Waals surface area (Å²) in [6.07, 6.45) is 0.764. The summed E-state index contributed by atoms with van der Waals surface area (Å²) in [5.41, 5.74) is 1.20. The van der Waals surface area contributed by atoms with Crippen molar-refractivity contribution in [2.24, 2.45) is 0 Å². The van der Waals surface area contributed by atoms with E-state index < -0.39 is 0 Å². The molecule has 1 radical (unpaired) electrons. The van der Waals surface area contributed by atoms with Crippen molar-refractivity contribution in [3.05, 3.63) is 42.8 Å². The number of piperazine rings is 1. The molecule has 1 fully saturated rings. The van der Waals surface area contributed by atoms with Crippen LogP contribution in [-0.2, 0) is 6.42 Å². The van der Waals surface area contributed by atoms with Crippen molar-refractivity contribution in [1.82, 2.24) is 15.1 Å². The molecule has 1 aromatic rings. The van der Waals surface area contributed by atoms with E-state index in [2.05, 4.69) is 36.3 Å². The Labute approximate surface area is 115 Å². The zero-order chi connectivity index (χ0) is 13.7. The summed E-state index contributed by atoms with van der Waals surface area (Å²) in [5, 5.41) is 2.97. The van der Waals surface area contributed by atoms with E-state index in [9.17, 15) is 4.79 Å². The summed E-state index contributed by atoms with van der Waals surface area (Å²) >= 11 is 0. The van der Waals surface area contributed by atoms with Crippen LogP contribution in [0.5, 0.6) is 0 Å². The molecule has 4 nitrogen and oxygen atoms in total. The Morgan fingerprint density at radius 3 is 2.53 bits per heavy atom. The van der Waals surface area contributed by atoms with E-state index >= 15 is 0 Å². The number of benzene rings is 1. The summed E-state index contributed by atoms with van der Waals surface area (Å²) in [7, 11) is 2.08. The number of carbonyl (C=O) groups excluding carboxylic acids is 1. The van der Waals surface area contributed by atoms with Gasteiger partial charge in [0.15, 0.2) is 0 Å². The first-order chi connectivity index (χ1) is 9.15. The topological polar surface area (TPSA) is 35.6 Å². The highest BCUT2D eigenvalue weighted by Crippen LogP contribution is 2.04. The number of rotatable bonds is 3. The van der Waals surface area contributed by atoms with E-state index in [4.69, 9.17) is 0 Å². The molecule has 1 atom stereocenters. The van der Waals surface area contributed by atoms with Crippen LogP contribution in [0, 0.1) is 6.92 Å². The van der Waals surface area contributed by atoms with Crippen molar-refractivity contribution in [2.75, 3.05) is 33.2 Å². The normalized spacial score (nSPS) is 18.1. The number of carbonyl (C=O) groups is 1. The quantitative estimate of drug-likeness (QED) is 0.891. The third-order valence-corrected chi connectivity index (χ3v) is 3.44. The van der Waals surface area contributed by atoms with Gasteiger partial charge in [0.1, 0.15) is 0 Å². The maximum absolute atomic E-state index is 12.1. The van der Waals surface area contributed by atoms with E-state index in [0.717, 1.165) is 32.6 Å². The van der Waals surface area contributed by atoms with Gasteiger partial charge in [0.2, 0.25) is 0 Å². The Hall–Kier alpha value is -1.55. The molecule has 1 aromatic carbocycles. The summed E-state index contributed by atoms with van der Waals surface area (Å²) in [5.74, 6) is 0. The predicted molar refractivity (Wildman–Crippen MR) is 76.9 cm³/mol. The van der Waals surface area contributed by atoms with E-state index in [0.29, 0.717) is 0 Å². The monoisotopic (exact) mass is 260 g/mol. The Kier molecular flexibility index (Phi) is 4.80. The molecule has 1 heterocycles. The molecule has 0 unspecified atom stereocenters. The van der Waals surface area contributed by atoms with Crippen LogP contribution < -0.4 is 5.32 Å². The van der Waals surface area contributed by atoms with E-state index in [1.165, 1.54) is 5.56 Å². The first-order valence-electron chi connectivity index (χ1n) is 6.76. The zero-order valence-electron chi connectivity index (χ0n) is 11.5. The minimum absolute atomic E-state index is 0.00373. The molecule has 0 aromatic heterocycles. The molecule has 1 aliphatic rings. The van der Waals surface area contributed by atoms with Gasteiger partial charge in [-0.05, 0) is 26.0 Å². The molecule has 19 heavy (non-hydrogen) atoms. The van der Waals surface area contributed by atoms with Crippen LogP contribution in [0.3, 0.4) is 0 Å². The number of urea groups is 1. The lowest BCUT2D eigenvalue weighted by Crippen LogP contribution is -2.52. The van der Waals surface area contributed by atoms with Crippen molar-refractivity contribution in [1.29, 1.82) is 0 Å². The molecular weight excluding hydrogens is 238 g/mol. The van der Waals surface area contributed by atoms with Crippen LogP contribution in [0.1, 0.15) is 5.56 Å². The average molecular weight is 260 g/mol. The molecule has 2 amide bonds. The summed E-state index contributed by atoms with van der Waals surface area (Å²) in [6, 6.07) is 10.0. The second kappa shape index (κ2) is 6.57. The smallest absolute Gasteiger partial charge is 0.317 e. The van der Waals surface area contributed by atoms with Crippen molar-refractivity contribution >= 4 is 6.03 Å². The van der Waals surface area contributed by atoms with Crippen molar-refractivity contribution in [3.8, 4) is 0 Å². The SMILES string of the molecule is [CH2][C@@H](Cc1ccccc1)NC(=O)N1CCN(C)CC1. The lowest BCUT2D eigenvalue weighted by molar-refractivity contribution is 0.153.